The van der Waals surface area contributed by atoms with Crippen LogP contribution in [0.4, 0.5) is 8.78 Å². The van der Waals surface area contributed by atoms with Crippen LogP contribution in [0.2, 0.25) is 0 Å². The molecule has 1 atom stereocenters. The van der Waals surface area contributed by atoms with Gasteiger partial charge in [-0.15, -0.1) is 0 Å². The predicted molar refractivity (Wildman–Crippen MR) is 65.9 cm³/mol. The van der Waals surface area contributed by atoms with Gasteiger partial charge in [0.15, 0.2) is 0 Å². The van der Waals surface area contributed by atoms with Crippen LogP contribution in [0.5, 0.6) is 5.75 Å². The van der Waals surface area contributed by atoms with Crippen molar-refractivity contribution in [2.45, 2.75) is 39.0 Å². The van der Waals surface area contributed by atoms with Crippen molar-refractivity contribution in [3.8, 4) is 5.75 Å². The van der Waals surface area contributed by atoms with E-state index in [-0.39, 0.29) is 12.6 Å². The van der Waals surface area contributed by atoms with Gasteiger partial charge in [0.25, 0.3) is 6.43 Å². The molecule has 3 nitrogen and oxygen atoms in total. The smallest absolute Gasteiger partial charge is 0.265 e. The predicted octanol–water partition coefficient (Wildman–Crippen LogP) is 2.19. The molecular weight excluding hydrogens is 240 g/mol. The summed E-state index contributed by atoms with van der Waals surface area (Å²) in [7, 11) is 0. The van der Waals surface area contributed by atoms with Crippen LogP contribution in [0.1, 0.15) is 19.4 Å². The number of aliphatic hydroxyl groups is 1. The van der Waals surface area contributed by atoms with E-state index in [1.165, 1.54) is 0 Å². The van der Waals surface area contributed by atoms with E-state index >= 15 is 0 Å². The quantitative estimate of drug-likeness (QED) is 0.788. The van der Waals surface area contributed by atoms with Gasteiger partial charge in [-0.05, 0) is 19.9 Å². The van der Waals surface area contributed by atoms with Gasteiger partial charge in [-0.2, -0.15) is 0 Å². The Bertz CT molecular complexity index is 359. The fourth-order valence-corrected chi connectivity index (χ4v) is 1.46. The first-order valence-electron chi connectivity index (χ1n) is 5.92. The molecule has 2 N–H and O–H groups in total. The molecule has 1 unspecified atom stereocenters. The van der Waals surface area contributed by atoms with Crippen molar-refractivity contribution in [3.05, 3.63) is 29.8 Å². The Morgan fingerprint density at radius 3 is 2.56 bits per heavy atom. The lowest BCUT2D eigenvalue weighted by atomic mass is 10.2. The van der Waals surface area contributed by atoms with Crippen LogP contribution in [-0.4, -0.2) is 30.3 Å². The van der Waals surface area contributed by atoms with Crippen LogP contribution >= 0.6 is 0 Å². The van der Waals surface area contributed by atoms with Gasteiger partial charge in [0.2, 0.25) is 0 Å². The van der Waals surface area contributed by atoms with Gasteiger partial charge in [0.05, 0.1) is 6.10 Å². The molecule has 18 heavy (non-hydrogen) atoms. The Balaban J connectivity index is 2.51. The SMILES string of the molecule is CC(C)Oc1ccccc1CNCC(O)C(F)F. The van der Waals surface area contributed by atoms with Crippen LogP contribution in [0.25, 0.3) is 0 Å². The first-order valence-corrected chi connectivity index (χ1v) is 5.92. The molecule has 1 aromatic carbocycles. The second kappa shape index (κ2) is 7.28. The van der Waals surface area contributed by atoms with Crippen LogP contribution in [0.3, 0.4) is 0 Å². The number of hydrogen-bond donors (Lipinski definition) is 2. The Hall–Kier alpha value is -1.20. The van der Waals surface area contributed by atoms with Crippen molar-refractivity contribution in [1.82, 2.24) is 5.32 Å². The zero-order chi connectivity index (χ0) is 13.5. The van der Waals surface area contributed by atoms with Crippen LogP contribution in [-0.2, 0) is 6.54 Å². The number of benzene rings is 1. The van der Waals surface area contributed by atoms with Gasteiger partial charge in [0.1, 0.15) is 11.9 Å². The molecule has 0 bridgehead atoms. The lowest BCUT2D eigenvalue weighted by molar-refractivity contribution is -0.00343. The fraction of sp³-hybridized carbons (Fsp3) is 0.538. The van der Waals surface area contributed by atoms with Gasteiger partial charge < -0.3 is 15.2 Å². The highest BCUT2D eigenvalue weighted by Gasteiger charge is 2.16. The summed E-state index contributed by atoms with van der Waals surface area (Å²) in [4.78, 5) is 0. The van der Waals surface area contributed by atoms with Gasteiger partial charge in [-0.1, -0.05) is 18.2 Å². The Kier molecular flexibility index (Phi) is 6.01. The molecule has 0 aromatic heterocycles. The lowest BCUT2D eigenvalue weighted by Crippen LogP contribution is -2.31. The minimum absolute atomic E-state index is 0.0535. The standard InChI is InChI=1S/C13H19F2NO2/c1-9(2)18-12-6-4-3-5-10(12)7-16-8-11(17)13(14)15/h3-6,9,11,13,16-17H,7-8H2,1-2H3. The van der Waals surface area contributed by atoms with Crippen molar-refractivity contribution in [3.63, 3.8) is 0 Å². The van der Waals surface area contributed by atoms with E-state index in [1.54, 1.807) is 0 Å². The highest BCUT2D eigenvalue weighted by atomic mass is 19.3. The fourth-order valence-electron chi connectivity index (χ4n) is 1.46. The maximum absolute atomic E-state index is 12.1. The minimum Gasteiger partial charge on any atom is -0.491 e. The Labute approximate surface area is 106 Å². The first-order chi connectivity index (χ1) is 8.50. The number of para-hydroxylation sites is 1. The van der Waals surface area contributed by atoms with E-state index in [2.05, 4.69) is 5.32 Å². The zero-order valence-corrected chi connectivity index (χ0v) is 10.6. The van der Waals surface area contributed by atoms with E-state index in [1.807, 2.05) is 38.1 Å². The molecule has 0 aliphatic heterocycles. The molecule has 0 radical (unpaired) electrons. The summed E-state index contributed by atoms with van der Waals surface area (Å²) in [5.41, 5.74) is 0.882. The van der Waals surface area contributed by atoms with Gasteiger partial charge in [-0.25, -0.2) is 8.78 Å². The third-order valence-electron chi connectivity index (χ3n) is 2.30. The van der Waals surface area contributed by atoms with E-state index in [0.29, 0.717) is 6.54 Å². The molecular formula is C13H19F2NO2. The van der Waals surface area contributed by atoms with Gasteiger partial charge in [0, 0.05) is 18.7 Å². The maximum atomic E-state index is 12.1. The summed E-state index contributed by atoms with van der Waals surface area (Å²) in [6.07, 6.45) is -4.30. The maximum Gasteiger partial charge on any atom is 0.265 e. The second-order valence-corrected chi connectivity index (χ2v) is 4.31. The number of halogens is 2. The monoisotopic (exact) mass is 259 g/mol. The van der Waals surface area contributed by atoms with E-state index in [4.69, 9.17) is 9.84 Å². The molecule has 1 aromatic rings. The minimum atomic E-state index is -2.72. The van der Waals surface area contributed by atoms with Crippen LogP contribution in [0, 0.1) is 0 Å². The summed E-state index contributed by atoms with van der Waals surface area (Å²) in [5, 5.41) is 11.8. The third kappa shape index (κ3) is 4.98. The number of ether oxygens (including phenoxy) is 1. The van der Waals surface area contributed by atoms with Crippen molar-refractivity contribution >= 4 is 0 Å². The number of alkyl halides is 2. The average molecular weight is 259 g/mol. The molecule has 0 aliphatic rings. The van der Waals surface area contributed by atoms with Gasteiger partial charge in [-0.3, -0.25) is 0 Å². The number of rotatable bonds is 7. The van der Waals surface area contributed by atoms with Crippen molar-refractivity contribution < 1.29 is 18.6 Å². The van der Waals surface area contributed by atoms with Crippen molar-refractivity contribution in [2.75, 3.05) is 6.54 Å². The summed E-state index contributed by atoms with van der Waals surface area (Å²) in [6, 6.07) is 7.41. The largest absolute Gasteiger partial charge is 0.491 e. The molecule has 1 rings (SSSR count). The Morgan fingerprint density at radius 2 is 1.94 bits per heavy atom. The molecule has 0 saturated carbocycles. The lowest BCUT2D eigenvalue weighted by Gasteiger charge is -2.15. The third-order valence-corrected chi connectivity index (χ3v) is 2.30. The number of aliphatic hydroxyl groups excluding tert-OH is 1. The Morgan fingerprint density at radius 1 is 1.28 bits per heavy atom. The molecule has 0 saturated heterocycles. The zero-order valence-electron chi connectivity index (χ0n) is 10.6. The highest BCUT2D eigenvalue weighted by molar-refractivity contribution is 5.33. The normalized spacial score (nSPS) is 13.1. The molecule has 102 valence electrons. The molecule has 0 spiro atoms. The molecule has 0 amide bonds. The topological polar surface area (TPSA) is 41.5 Å². The molecule has 0 aliphatic carbocycles. The van der Waals surface area contributed by atoms with Gasteiger partial charge >= 0.3 is 0 Å². The average Bonchev–Trinajstić information content (AvgIpc) is 2.30. The summed E-state index contributed by atoms with van der Waals surface area (Å²) in [6.45, 7) is 4.08. The summed E-state index contributed by atoms with van der Waals surface area (Å²) >= 11 is 0. The number of nitrogens with one attached hydrogen (secondary N) is 1. The van der Waals surface area contributed by atoms with Crippen LogP contribution in [0.15, 0.2) is 24.3 Å². The molecule has 0 fully saturated rings. The molecule has 0 heterocycles. The van der Waals surface area contributed by atoms with E-state index in [9.17, 15) is 8.78 Å². The highest BCUT2D eigenvalue weighted by Crippen LogP contribution is 2.19. The molecule has 5 heteroatoms. The van der Waals surface area contributed by atoms with E-state index < -0.39 is 12.5 Å². The van der Waals surface area contributed by atoms with Crippen molar-refractivity contribution in [1.29, 1.82) is 0 Å². The van der Waals surface area contributed by atoms with Crippen LogP contribution < -0.4 is 10.1 Å². The van der Waals surface area contributed by atoms with Crippen molar-refractivity contribution in [2.24, 2.45) is 0 Å². The van der Waals surface area contributed by atoms with E-state index in [0.717, 1.165) is 11.3 Å². The summed E-state index contributed by atoms with van der Waals surface area (Å²) in [5.74, 6) is 0.728. The summed E-state index contributed by atoms with van der Waals surface area (Å²) < 4.78 is 29.8. The number of hydrogen-bond acceptors (Lipinski definition) is 3. The first kappa shape index (κ1) is 14.9. The second-order valence-electron chi connectivity index (χ2n) is 4.31.